The van der Waals surface area contributed by atoms with Crippen molar-refractivity contribution in [1.29, 1.82) is 0 Å². The maximum Gasteiger partial charge on any atom is 0.310 e. The number of aromatic amines is 1. The topological polar surface area (TPSA) is 86.3 Å². The van der Waals surface area contributed by atoms with Crippen LogP contribution in [0.3, 0.4) is 0 Å². The highest BCUT2D eigenvalue weighted by molar-refractivity contribution is 8.45. The van der Waals surface area contributed by atoms with Gasteiger partial charge < -0.3 is 15.0 Å². The summed E-state index contributed by atoms with van der Waals surface area (Å²) in [6.45, 7) is -0.152. The molecular formula is C25H23ClF5N3O3S. The van der Waals surface area contributed by atoms with E-state index in [2.05, 4.69) is 4.98 Å². The lowest BCUT2D eigenvalue weighted by Crippen LogP contribution is -2.36. The molecule has 0 radical (unpaired) electrons. The summed E-state index contributed by atoms with van der Waals surface area (Å²) < 4.78 is 66.2. The zero-order valence-electron chi connectivity index (χ0n) is 19.8. The van der Waals surface area contributed by atoms with E-state index in [0.717, 1.165) is 29.4 Å². The molecule has 2 aliphatic rings. The normalized spacial score (nSPS) is 19.5. The molecule has 13 heteroatoms. The van der Waals surface area contributed by atoms with E-state index in [9.17, 15) is 34.1 Å². The van der Waals surface area contributed by atoms with Gasteiger partial charge in [-0.1, -0.05) is 55.3 Å². The van der Waals surface area contributed by atoms with Crippen LogP contribution in [0.2, 0.25) is 5.02 Å². The zero-order chi connectivity index (χ0) is 27.6. The summed E-state index contributed by atoms with van der Waals surface area (Å²) in [6.07, 6.45) is 0.141. The minimum absolute atomic E-state index is 0.0848. The van der Waals surface area contributed by atoms with E-state index in [0.29, 0.717) is 35.4 Å². The first kappa shape index (κ1) is 26.6. The van der Waals surface area contributed by atoms with Gasteiger partial charge in [0.2, 0.25) is 0 Å². The number of nitrogens with zero attached hydrogens (tertiary/aromatic N) is 2. The van der Waals surface area contributed by atoms with Crippen molar-refractivity contribution in [3.63, 3.8) is 0 Å². The average molecular weight is 576 g/mol. The molecule has 1 amide bonds. The summed E-state index contributed by atoms with van der Waals surface area (Å²) in [6, 6.07) is 9.27. The minimum Gasteiger partial charge on any atom is -0.378 e. The maximum absolute atomic E-state index is 13.2. The number of aliphatic hydroxyl groups is 1. The Morgan fingerprint density at radius 3 is 2.47 bits per heavy atom. The first-order valence-corrected chi connectivity index (χ1v) is 14.1. The molecule has 1 aromatic heterocycles. The van der Waals surface area contributed by atoms with Crippen LogP contribution in [0.15, 0.2) is 58.2 Å². The Labute approximate surface area is 219 Å². The second kappa shape index (κ2) is 8.27. The number of nitrogens with one attached hydrogen (secondary N) is 1. The third kappa shape index (κ3) is 5.04. The van der Waals surface area contributed by atoms with E-state index in [-0.39, 0.29) is 30.8 Å². The number of amides is 1. The summed E-state index contributed by atoms with van der Waals surface area (Å²) in [5, 5.41) is 11.1. The standard InChI is InChI=1S/C25H23ClF5N3O3S/c26-17-6-2-5-16(13-17)25(9-10-25)24-32-20-8-3-11-34(14-19(20)22(36)33-24)23(37)21(35)15-4-1-7-18(12-15)38(27,28,29,30)31/h1-2,4-7,12-13,21,35H,3,8-11,14H2,(H,32,33,36). The van der Waals surface area contributed by atoms with Crippen LogP contribution < -0.4 is 5.56 Å². The quantitative estimate of drug-likeness (QED) is 0.356. The van der Waals surface area contributed by atoms with Gasteiger partial charge in [-0.2, -0.15) is 0 Å². The number of aryl methyl sites for hydroxylation is 1. The van der Waals surface area contributed by atoms with Crippen molar-refractivity contribution >= 4 is 27.7 Å². The Bertz CT molecular complexity index is 1510. The lowest BCUT2D eigenvalue weighted by molar-refractivity contribution is -0.141. The fourth-order valence-electron chi connectivity index (χ4n) is 4.85. The minimum atomic E-state index is -10.0. The van der Waals surface area contributed by atoms with Crippen molar-refractivity contribution in [3.05, 3.63) is 92.1 Å². The molecular weight excluding hydrogens is 553 g/mol. The Kier molecular flexibility index (Phi) is 5.80. The fourth-order valence-corrected chi connectivity index (χ4v) is 5.73. The number of hydrogen-bond acceptors (Lipinski definition) is 4. The molecule has 0 spiro atoms. The van der Waals surface area contributed by atoms with E-state index in [4.69, 9.17) is 16.6 Å². The number of rotatable bonds is 5. The average Bonchev–Trinajstić information content (AvgIpc) is 3.66. The van der Waals surface area contributed by atoms with Crippen LogP contribution in [-0.4, -0.2) is 32.4 Å². The van der Waals surface area contributed by atoms with Gasteiger partial charge in [-0.25, -0.2) is 4.98 Å². The smallest absolute Gasteiger partial charge is 0.310 e. The van der Waals surface area contributed by atoms with Gasteiger partial charge in [0.25, 0.3) is 11.5 Å². The van der Waals surface area contributed by atoms with Crippen LogP contribution in [0.1, 0.15) is 53.6 Å². The highest BCUT2D eigenvalue weighted by Gasteiger charge is 2.65. The van der Waals surface area contributed by atoms with Crippen molar-refractivity contribution < 1.29 is 29.3 Å². The molecule has 1 fully saturated rings. The van der Waals surface area contributed by atoms with Gasteiger partial charge in [0.05, 0.1) is 23.2 Å². The Balaban J connectivity index is 1.42. The van der Waals surface area contributed by atoms with Crippen molar-refractivity contribution in [1.82, 2.24) is 14.9 Å². The summed E-state index contributed by atoms with van der Waals surface area (Å²) in [7, 11) is -10.0. The molecule has 38 heavy (non-hydrogen) atoms. The number of carbonyl (C=O) groups is 1. The first-order chi connectivity index (χ1) is 17.6. The van der Waals surface area contributed by atoms with E-state index < -0.39 is 43.7 Å². The zero-order valence-corrected chi connectivity index (χ0v) is 21.3. The predicted octanol–water partition coefficient (Wildman–Crippen LogP) is 6.17. The van der Waals surface area contributed by atoms with Crippen LogP contribution in [0, 0.1) is 0 Å². The summed E-state index contributed by atoms with van der Waals surface area (Å²) in [5.74, 6) is -0.505. The van der Waals surface area contributed by atoms with Crippen LogP contribution in [0.5, 0.6) is 0 Å². The monoisotopic (exact) mass is 575 g/mol. The molecule has 2 heterocycles. The molecule has 1 unspecified atom stereocenters. The van der Waals surface area contributed by atoms with Gasteiger partial charge in [0.1, 0.15) is 10.7 Å². The molecule has 2 aromatic carbocycles. The lowest BCUT2D eigenvalue weighted by atomic mass is 9.94. The summed E-state index contributed by atoms with van der Waals surface area (Å²) in [5.41, 5.74) is 0.0696. The Hall–Kier alpha value is -2.96. The molecule has 3 aromatic rings. The Morgan fingerprint density at radius 2 is 1.82 bits per heavy atom. The lowest BCUT2D eigenvalue weighted by Gasteiger charge is -2.40. The number of benzene rings is 2. The van der Waals surface area contributed by atoms with Crippen molar-refractivity contribution in [2.24, 2.45) is 0 Å². The third-order valence-corrected chi connectivity index (χ3v) is 8.42. The molecule has 2 N–H and O–H groups in total. The van der Waals surface area contributed by atoms with Crippen LogP contribution in [0.25, 0.3) is 0 Å². The van der Waals surface area contributed by atoms with E-state index in [1.54, 1.807) is 6.07 Å². The highest BCUT2D eigenvalue weighted by atomic mass is 35.5. The fraction of sp³-hybridized carbons (Fsp3) is 0.320. The molecule has 1 atom stereocenters. The number of aliphatic hydroxyl groups excluding tert-OH is 1. The second-order valence-electron chi connectivity index (χ2n) is 9.74. The summed E-state index contributed by atoms with van der Waals surface area (Å²) in [4.78, 5) is 32.6. The number of H-pyrrole nitrogens is 1. The molecule has 0 bridgehead atoms. The van der Waals surface area contributed by atoms with Crippen molar-refractivity contribution in [2.45, 2.75) is 48.6 Å². The highest BCUT2D eigenvalue weighted by Crippen LogP contribution is 3.02. The molecule has 6 nitrogen and oxygen atoms in total. The van der Waals surface area contributed by atoms with Gasteiger partial charge >= 0.3 is 10.2 Å². The van der Waals surface area contributed by atoms with Gasteiger partial charge in [-0.3, -0.25) is 9.59 Å². The van der Waals surface area contributed by atoms with Crippen LogP contribution >= 0.6 is 21.8 Å². The van der Waals surface area contributed by atoms with E-state index in [1.165, 1.54) is 0 Å². The maximum atomic E-state index is 13.2. The molecule has 5 rings (SSSR count). The largest absolute Gasteiger partial charge is 0.378 e. The van der Waals surface area contributed by atoms with Crippen LogP contribution in [0.4, 0.5) is 19.4 Å². The SMILES string of the molecule is O=C(C(O)c1cccc(S(F)(F)(F)(F)F)c1)N1CCCc2nc(C3(c4cccc(Cl)c4)CC3)[nH]c(=O)c2C1. The van der Waals surface area contributed by atoms with Crippen LogP contribution in [-0.2, 0) is 23.2 Å². The Morgan fingerprint density at radius 1 is 1.11 bits per heavy atom. The molecule has 204 valence electrons. The van der Waals surface area contributed by atoms with E-state index in [1.807, 2.05) is 18.2 Å². The molecule has 1 saturated carbocycles. The molecule has 0 saturated heterocycles. The number of halogens is 6. The number of aromatic nitrogens is 2. The third-order valence-electron chi connectivity index (χ3n) is 7.04. The first-order valence-electron chi connectivity index (χ1n) is 11.8. The second-order valence-corrected chi connectivity index (χ2v) is 12.6. The predicted molar refractivity (Wildman–Crippen MR) is 133 cm³/mol. The summed E-state index contributed by atoms with van der Waals surface area (Å²) >= 11 is 6.15. The van der Waals surface area contributed by atoms with Crippen molar-refractivity contribution in [2.75, 3.05) is 6.54 Å². The number of hydrogen-bond donors (Lipinski definition) is 2. The van der Waals surface area contributed by atoms with Crippen molar-refractivity contribution in [3.8, 4) is 0 Å². The van der Waals surface area contributed by atoms with Gasteiger partial charge in [-0.05, 0) is 61.1 Å². The van der Waals surface area contributed by atoms with Gasteiger partial charge in [0, 0.05) is 11.6 Å². The van der Waals surface area contributed by atoms with Gasteiger partial charge in [-0.15, -0.1) is 0 Å². The molecule has 1 aliphatic heterocycles. The molecule has 1 aliphatic carbocycles. The number of carbonyl (C=O) groups excluding carboxylic acids is 1. The van der Waals surface area contributed by atoms with Gasteiger partial charge in [0.15, 0.2) is 6.10 Å². The van der Waals surface area contributed by atoms with E-state index >= 15 is 0 Å². The number of fused-ring (bicyclic) bond motifs is 1.